The molecule has 0 bridgehead atoms. The predicted octanol–water partition coefficient (Wildman–Crippen LogP) is 4.96. The van der Waals surface area contributed by atoms with Gasteiger partial charge in [0.25, 0.3) is 0 Å². The summed E-state index contributed by atoms with van der Waals surface area (Å²) in [4.78, 5) is 0. The van der Waals surface area contributed by atoms with E-state index in [9.17, 15) is 5.21 Å². The van der Waals surface area contributed by atoms with E-state index in [1.54, 1.807) is 0 Å². The summed E-state index contributed by atoms with van der Waals surface area (Å²) in [7, 11) is 0. The van der Waals surface area contributed by atoms with E-state index in [0.717, 1.165) is 5.71 Å². The fraction of sp³-hybridized carbons (Fsp3) is 0.933. The van der Waals surface area contributed by atoms with Crippen LogP contribution in [-0.4, -0.2) is 10.9 Å². The maximum Gasteiger partial charge on any atom is 0.0693 e. The number of nitrogens with zero attached hydrogens (tertiary/aromatic N) is 1. The average molecular weight is 241 g/mol. The highest BCUT2D eigenvalue weighted by Crippen LogP contribution is 2.49. The minimum absolute atomic E-state index is 0.0527. The van der Waals surface area contributed by atoms with Crippen LogP contribution in [0.2, 0.25) is 0 Å². The third-order valence-corrected chi connectivity index (χ3v) is 5.03. The third kappa shape index (κ3) is 2.83. The lowest BCUT2D eigenvalue weighted by Crippen LogP contribution is -2.49. The van der Waals surface area contributed by atoms with Crippen LogP contribution in [0.15, 0.2) is 5.16 Å². The van der Waals surface area contributed by atoms with E-state index in [1.165, 1.54) is 0 Å². The molecule has 0 saturated carbocycles. The van der Waals surface area contributed by atoms with E-state index in [4.69, 9.17) is 0 Å². The van der Waals surface area contributed by atoms with Gasteiger partial charge in [-0.05, 0) is 10.8 Å². The molecule has 2 nitrogen and oxygen atoms in total. The van der Waals surface area contributed by atoms with Crippen LogP contribution >= 0.6 is 0 Å². The van der Waals surface area contributed by atoms with Crippen molar-refractivity contribution in [2.75, 3.05) is 0 Å². The van der Waals surface area contributed by atoms with Gasteiger partial charge in [-0.3, -0.25) is 0 Å². The Kier molecular flexibility index (Phi) is 4.16. The molecule has 0 aliphatic heterocycles. The molecule has 0 aromatic rings. The van der Waals surface area contributed by atoms with Gasteiger partial charge in [-0.25, -0.2) is 0 Å². The Hall–Kier alpha value is -0.530. The van der Waals surface area contributed by atoms with Gasteiger partial charge in [-0.15, -0.1) is 0 Å². The zero-order valence-electron chi connectivity index (χ0n) is 13.4. The van der Waals surface area contributed by atoms with Gasteiger partial charge in [0.05, 0.1) is 5.71 Å². The van der Waals surface area contributed by atoms with Gasteiger partial charge >= 0.3 is 0 Å². The van der Waals surface area contributed by atoms with Crippen molar-refractivity contribution in [3.05, 3.63) is 0 Å². The quantitative estimate of drug-likeness (QED) is 0.413. The lowest BCUT2D eigenvalue weighted by atomic mass is 9.55. The smallest absolute Gasteiger partial charge is 0.0693 e. The number of rotatable bonds is 2. The molecule has 0 aliphatic carbocycles. The molecule has 17 heavy (non-hydrogen) atoms. The molecule has 0 aliphatic rings. The Morgan fingerprint density at radius 2 is 0.882 bits per heavy atom. The summed E-state index contributed by atoms with van der Waals surface area (Å²) in [5.41, 5.74) is 0.676. The zero-order valence-corrected chi connectivity index (χ0v) is 13.4. The first-order valence-electron chi connectivity index (χ1n) is 6.42. The molecule has 0 spiro atoms. The molecular formula is C15H31NO. The summed E-state index contributed by atoms with van der Waals surface area (Å²) in [6.45, 7) is 21.8. The fourth-order valence-corrected chi connectivity index (χ4v) is 1.74. The highest BCUT2D eigenvalue weighted by molar-refractivity contribution is 5.95. The largest absolute Gasteiger partial charge is 0.411 e. The molecule has 0 unspecified atom stereocenters. The van der Waals surface area contributed by atoms with Crippen molar-refractivity contribution in [1.29, 1.82) is 0 Å². The Morgan fingerprint density at radius 3 is 1.00 bits per heavy atom. The van der Waals surface area contributed by atoms with Crippen molar-refractivity contribution < 1.29 is 5.21 Å². The number of hydrogen-bond donors (Lipinski definition) is 1. The second-order valence-electron chi connectivity index (χ2n) is 8.20. The van der Waals surface area contributed by atoms with E-state index >= 15 is 0 Å². The highest BCUT2D eigenvalue weighted by Gasteiger charge is 2.49. The molecule has 0 saturated heterocycles. The molecule has 0 amide bonds. The van der Waals surface area contributed by atoms with Gasteiger partial charge in [-0.2, -0.15) is 0 Å². The first-order chi connectivity index (χ1) is 7.19. The van der Waals surface area contributed by atoms with E-state index < -0.39 is 0 Å². The molecule has 1 N–H and O–H groups in total. The molecule has 0 atom stereocenters. The fourth-order valence-electron chi connectivity index (χ4n) is 1.74. The van der Waals surface area contributed by atoms with E-state index in [-0.39, 0.29) is 21.7 Å². The van der Waals surface area contributed by atoms with Crippen LogP contribution in [0.3, 0.4) is 0 Å². The average Bonchev–Trinajstić information content (AvgIpc) is 1.99. The SMILES string of the molecule is CC(C)(C)C(C)(C)C(=NO)C(C)(C)C(C)(C)C. The van der Waals surface area contributed by atoms with Crippen LogP contribution in [0.5, 0.6) is 0 Å². The summed E-state index contributed by atoms with van der Waals surface area (Å²) < 4.78 is 0. The molecule has 0 radical (unpaired) electrons. The summed E-state index contributed by atoms with van der Waals surface area (Å²) in [6, 6.07) is 0. The highest BCUT2D eigenvalue weighted by atomic mass is 16.4. The van der Waals surface area contributed by atoms with Gasteiger partial charge in [-0.1, -0.05) is 74.4 Å². The van der Waals surface area contributed by atoms with Crippen LogP contribution in [0.25, 0.3) is 0 Å². The van der Waals surface area contributed by atoms with Gasteiger partial charge in [0, 0.05) is 10.8 Å². The van der Waals surface area contributed by atoms with Crippen LogP contribution in [0, 0.1) is 21.7 Å². The predicted molar refractivity (Wildman–Crippen MR) is 75.7 cm³/mol. The van der Waals surface area contributed by atoms with Gasteiger partial charge in [0.1, 0.15) is 0 Å². The third-order valence-electron chi connectivity index (χ3n) is 5.03. The van der Waals surface area contributed by atoms with Crippen molar-refractivity contribution in [2.45, 2.75) is 69.2 Å². The maximum absolute atomic E-state index is 9.51. The van der Waals surface area contributed by atoms with E-state index in [0.29, 0.717) is 0 Å². The second kappa shape index (κ2) is 4.29. The Balaban J connectivity index is 5.72. The van der Waals surface area contributed by atoms with Crippen LogP contribution in [-0.2, 0) is 0 Å². The summed E-state index contributed by atoms with van der Waals surface area (Å²) in [5, 5.41) is 13.2. The lowest BCUT2D eigenvalue weighted by molar-refractivity contribution is 0.141. The van der Waals surface area contributed by atoms with Crippen LogP contribution < -0.4 is 0 Å². The van der Waals surface area contributed by atoms with E-state index in [2.05, 4.69) is 74.4 Å². The minimum Gasteiger partial charge on any atom is -0.411 e. The van der Waals surface area contributed by atoms with Gasteiger partial charge in [0.15, 0.2) is 0 Å². The van der Waals surface area contributed by atoms with Crippen LogP contribution in [0.4, 0.5) is 0 Å². The van der Waals surface area contributed by atoms with Crippen molar-refractivity contribution in [2.24, 2.45) is 26.8 Å². The van der Waals surface area contributed by atoms with Crippen LogP contribution in [0.1, 0.15) is 69.2 Å². The standard InChI is InChI=1S/C15H31NO/c1-12(2,3)14(7,8)11(16-17)15(9,10)13(4,5)6/h17H,1-10H3. The Labute approximate surface area is 107 Å². The van der Waals surface area contributed by atoms with Gasteiger partial charge < -0.3 is 5.21 Å². The molecule has 0 aromatic carbocycles. The molecule has 0 aromatic heterocycles. The first-order valence-corrected chi connectivity index (χ1v) is 6.42. The van der Waals surface area contributed by atoms with Crippen molar-refractivity contribution >= 4 is 5.71 Å². The lowest BCUT2D eigenvalue weighted by Gasteiger charge is -2.49. The minimum atomic E-state index is -0.154. The molecule has 2 heteroatoms. The zero-order chi connectivity index (χ0) is 14.3. The Bertz CT molecular complexity index is 270. The first kappa shape index (κ1) is 16.5. The number of oxime groups is 1. The summed E-state index contributed by atoms with van der Waals surface area (Å²) in [5.74, 6) is 0. The Morgan fingerprint density at radius 1 is 0.647 bits per heavy atom. The number of hydrogen-bond acceptors (Lipinski definition) is 2. The second-order valence-corrected chi connectivity index (χ2v) is 8.20. The maximum atomic E-state index is 9.51. The van der Waals surface area contributed by atoms with E-state index in [1.807, 2.05) is 0 Å². The monoisotopic (exact) mass is 241 g/mol. The molecule has 0 heterocycles. The molecule has 0 rings (SSSR count). The topological polar surface area (TPSA) is 32.6 Å². The van der Waals surface area contributed by atoms with Crippen molar-refractivity contribution in [3.63, 3.8) is 0 Å². The summed E-state index contributed by atoms with van der Waals surface area (Å²) >= 11 is 0. The summed E-state index contributed by atoms with van der Waals surface area (Å²) in [6.07, 6.45) is 0. The van der Waals surface area contributed by atoms with Gasteiger partial charge in [0.2, 0.25) is 0 Å². The molecular weight excluding hydrogens is 210 g/mol. The molecule has 0 fully saturated rings. The van der Waals surface area contributed by atoms with Crippen molar-refractivity contribution in [3.8, 4) is 0 Å². The normalized spacial score (nSPS) is 14.7. The molecule has 102 valence electrons. The van der Waals surface area contributed by atoms with Crippen molar-refractivity contribution in [1.82, 2.24) is 0 Å².